The van der Waals surface area contributed by atoms with Gasteiger partial charge in [-0.1, -0.05) is 18.2 Å². The first-order chi connectivity index (χ1) is 12.9. The second kappa shape index (κ2) is 6.74. The van der Waals surface area contributed by atoms with Gasteiger partial charge in [-0.2, -0.15) is 5.10 Å². The predicted molar refractivity (Wildman–Crippen MR) is 103 cm³/mol. The number of nitrogens with zero attached hydrogens (tertiary/aromatic N) is 4. The molecule has 0 radical (unpaired) electrons. The topological polar surface area (TPSA) is 74.2 Å². The minimum absolute atomic E-state index is 0.213. The van der Waals surface area contributed by atoms with E-state index in [2.05, 4.69) is 25.4 Å². The van der Waals surface area contributed by atoms with Crippen molar-refractivity contribution < 1.29 is 9.50 Å². The molecule has 1 saturated heterocycles. The van der Waals surface area contributed by atoms with Crippen LogP contribution in [0.15, 0.2) is 30.5 Å². The van der Waals surface area contributed by atoms with Gasteiger partial charge < -0.3 is 15.3 Å². The van der Waals surface area contributed by atoms with Gasteiger partial charge in [0.2, 0.25) is 0 Å². The zero-order chi connectivity index (χ0) is 19.1. The SMILES string of the molecule is Cc1cccc([C@@H](C)Nc2nnc(C)c3ncc(N4CC(O)C4)cc23)c1F. The maximum Gasteiger partial charge on any atom is 0.158 e. The zero-order valence-electron chi connectivity index (χ0n) is 15.6. The summed E-state index contributed by atoms with van der Waals surface area (Å²) in [5.74, 6) is 0.356. The van der Waals surface area contributed by atoms with Crippen LogP contribution in [0.1, 0.15) is 29.8 Å². The van der Waals surface area contributed by atoms with Crippen molar-refractivity contribution in [3.8, 4) is 0 Å². The Labute approximate surface area is 157 Å². The third kappa shape index (κ3) is 3.19. The Morgan fingerprint density at radius 2 is 2.04 bits per heavy atom. The van der Waals surface area contributed by atoms with E-state index in [1.807, 2.05) is 26.0 Å². The number of nitrogens with one attached hydrogen (secondary N) is 1. The molecule has 6 nitrogen and oxygen atoms in total. The molecule has 0 bridgehead atoms. The lowest BCUT2D eigenvalue weighted by molar-refractivity contribution is 0.142. The van der Waals surface area contributed by atoms with Crippen LogP contribution < -0.4 is 10.2 Å². The van der Waals surface area contributed by atoms with Crippen LogP contribution in [-0.2, 0) is 0 Å². The van der Waals surface area contributed by atoms with E-state index >= 15 is 0 Å². The highest BCUT2D eigenvalue weighted by molar-refractivity contribution is 5.92. The van der Waals surface area contributed by atoms with E-state index in [0.29, 0.717) is 30.0 Å². The number of benzene rings is 1. The molecule has 0 spiro atoms. The number of pyridine rings is 1. The van der Waals surface area contributed by atoms with Gasteiger partial charge >= 0.3 is 0 Å². The molecule has 27 heavy (non-hydrogen) atoms. The van der Waals surface area contributed by atoms with E-state index in [9.17, 15) is 9.50 Å². The second-order valence-electron chi connectivity index (χ2n) is 7.13. The summed E-state index contributed by atoms with van der Waals surface area (Å²) in [4.78, 5) is 6.60. The number of β-amino-alcohol motifs (C(OH)–C–C–N with tert-alkyl or cyclic N) is 1. The summed E-state index contributed by atoms with van der Waals surface area (Å²) in [6, 6.07) is 7.09. The van der Waals surface area contributed by atoms with Gasteiger partial charge in [-0.15, -0.1) is 5.10 Å². The van der Waals surface area contributed by atoms with Gasteiger partial charge in [-0.25, -0.2) is 4.39 Å². The number of aliphatic hydroxyl groups excluding tert-OH is 1. The number of aliphatic hydroxyl groups is 1. The molecule has 1 aliphatic heterocycles. The highest BCUT2D eigenvalue weighted by Crippen LogP contribution is 2.30. The molecule has 1 aliphatic rings. The van der Waals surface area contributed by atoms with Crippen molar-refractivity contribution in [3.05, 3.63) is 53.1 Å². The van der Waals surface area contributed by atoms with Crippen molar-refractivity contribution in [3.63, 3.8) is 0 Å². The Kier molecular flexibility index (Phi) is 4.39. The highest BCUT2D eigenvalue weighted by Gasteiger charge is 2.25. The maximum absolute atomic E-state index is 14.5. The molecule has 1 fully saturated rings. The number of halogens is 1. The first-order valence-electron chi connectivity index (χ1n) is 9.01. The number of anilines is 2. The number of fused-ring (bicyclic) bond motifs is 1. The van der Waals surface area contributed by atoms with Crippen molar-refractivity contribution in [1.29, 1.82) is 0 Å². The summed E-state index contributed by atoms with van der Waals surface area (Å²) in [5, 5.41) is 22.2. The molecule has 4 rings (SSSR count). The fourth-order valence-corrected chi connectivity index (χ4v) is 3.38. The van der Waals surface area contributed by atoms with Crippen molar-refractivity contribution in [1.82, 2.24) is 15.2 Å². The first-order valence-corrected chi connectivity index (χ1v) is 9.01. The van der Waals surface area contributed by atoms with Crippen LogP contribution in [0, 0.1) is 19.7 Å². The third-order valence-electron chi connectivity index (χ3n) is 5.04. The number of hydrogen-bond acceptors (Lipinski definition) is 6. The maximum atomic E-state index is 14.5. The van der Waals surface area contributed by atoms with Gasteiger partial charge in [-0.3, -0.25) is 4.98 Å². The summed E-state index contributed by atoms with van der Waals surface area (Å²) >= 11 is 0. The van der Waals surface area contributed by atoms with Crippen LogP contribution in [-0.4, -0.2) is 39.5 Å². The largest absolute Gasteiger partial charge is 0.389 e. The molecule has 0 amide bonds. The zero-order valence-corrected chi connectivity index (χ0v) is 15.6. The Morgan fingerprint density at radius 3 is 2.78 bits per heavy atom. The molecule has 3 heterocycles. The van der Waals surface area contributed by atoms with Crippen LogP contribution in [0.3, 0.4) is 0 Å². The molecule has 2 aromatic heterocycles. The van der Waals surface area contributed by atoms with Gasteiger partial charge in [0, 0.05) is 24.0 Å². The average Bonchev–Trinajstić information content (AvgIpc) is 2.63. The van der Waals surface area contributed by atoms with Crippen LogP contribution in [0.5, 0.6) is 0 Å². The summed E-state index contributed by atoms with van der Waals surface area (Å²) in [6.45, 7) is 6.71. The number of rotatable bonds is 4. The molecule has 1 atom stereocenters. The molecule has 0 aliphatic carbocycles. The van der Waals surface area contributed by atoms with Gasteiger partial charge in [-0.05, 0) is 32.4 Å². The first kappa shape index (κ1) is 17.6. The summed E-state index contributed by atoms with van der Waals surface area (Å²) < 4.78 is 14.5. The number of hydrogen-bond donors (Lipinski definition) is 2. The van der Waals surface area contributed by atoms with Crippen molar-refractivity contribution in [2.45, 2.75) is 32.9 Å². The van der Waals surface area contributed by atoms with Gasteiger partial charge in [0.05, 0.1) is 35.2 Å². The Balaban J connectivity index is 1.71. The van der Waals surface area contributed by atoms with E-state index in [0.717, 1.165) is 22.3 Å². The fraction of sp³-hybridized carbons (Fsp3) is 0.350. The Bertz CT molecular complexity index is 1000. The molecular formula is C20H22FN5O. The Morgan fingerprint density at radius 1 is 1.26 bits per heavy atom. The minimum Gasteiger partial charge on any atom is -0.389 e. The predicted octanol–water partition coefficient (Wildman–Crippen LogP) is 3.13. The lowest BCUT2D eigenvalue weighted by Crippen LogP contribution is -2.50. The monoisotopic (exact) mass is 367 g/mol. The van der Waals surface area contributed by atoms with Crippen molar-refractivity contribution in [2.75, 3.05) is 23.3 Å². The van der Waals surface area contributed by atoms with Gasteiger partial charge in [0.15, 0.2) is 5.82 Å². The second-order valence-corrected chi connectivity index (χ2v) is 7.13. The fourth-order valence-electron chi connectivity index (χ4n) is 3.38. The molecule has 2 N–H and O–H groups in total. The molecule has 7 heteroatoms. The third-order valence-corrected chi connectivity index (χ3v) is 5.04. The smallest absolute Gasteiger partial charge is 0.158 e. The Hall–Kier alpha value is -2.80. The quantitative estimate of drug-likeness (QED) is 0.738. The summed E-state index contributed by atoms with van der Waals surface area (Å²) in [5.41, 5.74) is 3.62. The van der Waals surface area contributed by atoms with E-state index < -0.39 is 0 Å². The lowest BCUT2D eigenvalue weighted by atomic mass is 10.0. The van der Waals surface area contributed by atoms with E-state index in [1.165, 1.54) is 0 Å². The minimum atomic E-state index is -0.292. The molecule has 140 valence electrons. The van der Waals surface area contributed by atoms with Crippen LogP contribution in [0.25, 0.3) is 10.9 Å². The molecule has 1 aromatic carbocycles. The molecule has 0 unspecified atom stereocenters. The summed E-state index contributed by atoms with van der Waals surface area (Å²) in [7, 11) is 0. The number of aromatic nitrogens is 3. The lowest BCUT2D eigenvalue weighted by Gasteiger charge is -2.37. The van der Waals surface area contributed by atoms with Crippen LogP contribution >= 0.6 is 0 Å². The van der Waals surface area contributed by atoms with E-state index in [-0.39, 0.29) is 18.0 Å². The van der Waals surface area contributed by atoms with E-state index in [4.69, 9.17) is 0 Å². The highest BCUT2D eigenvalue weighted by atomic mass is 19.1. The molecular weight excluding hydrogens is 345 g/mol. The van der Waals surface area contributed by atoms with Gasteiger partial charge in [0.1, 0.15) is 5.82 Å². The molecule has 0 saturated carbocycles. The van der Waals surface area contributed by atoms with Gasteiger partial charge in [0.25, 0.3) is 0 Å². The number of aryl methyl sites for hydroxylation is 2. The van der Waals surface area contributed by atoms with Crippen molar-refractivity contribution in [2.24, 2.45) is 0 Å². The summed E-state index contributed by atoms with van der Waals surface area (Å²) in [6.07, 6.45) is 1.50. The van der Waals surface area contributed by atoms with Crippen LogP contribution in [0.4, 0.5) is 15.9 Å². The van der Waals surface area contributed by atoms with E-state index in [1.54, 1.807) is 25.3 Å². The standard InChI is InChI=1S/C20H22FN5O/c1-11-5-4-6-16(18(11)21)12(2)23-20-17-7-14(26-9-15(27)10-26)8-22-19(17)13(3)24-25-20/h4-8,12,15,27H,9-10H2,1-3H3,(H,23,25)/t12-/m1/s1. The molecule has 3 aromatic rings. The van der Waals surface area contributed by atoms with Crippen molar-refractivity contribution >= 4 is 22.4 Å². The average molecular weight is 367 g/mol. The van der Waals surface area contributed by atoms with Crippen LogP contribution in [0.2, 0.25) is 0 Å². The normalized spacial score (nSPS) is 15.7.